The van der Waals surface area contributed by atoms with E-state index in [2.05, 4.69) is 38.2 Å². The highest BCUT2D eigenvalue weighted by atomic mass is 16.6. The van der Waals surface area contributed by atoms with Gasteiger partial charge in [0, 0.05) is 19.6 Å². The topological polar surface area (TPSA) is 41.6 Å². The van der Waals surface area contributed by atoms with Gasteiger partial charge in [0.25, 0.3) is 0 Å². The predicted molar refractivity (Wildman–Crippen MR) is 80.2 cm³/mol. The summed E-state index contributed by atoms with van der Waals surface area (Å²) in [5, 5.41) is 3.37. The van der Waals surface area contributed by atoms with Gasteiger partial charge in [-0.1, -0.05) is 20.8 Å². The van der Waals surface area contributed by atoms with Crippen LogP contribution in [0.3, 0.4) is 0 Å². The van der Waals surface area contributed by atoms with Gasteiger partial charge in [-0.15, -0.1) is 0 Å². The van der Waals surface area contributed by atoms with Crippen LogP contribution in [0.25, 0.3) is 0 Å². The van der Waals surface area contributed by atoms with Gasteiger partial charge in [0.15, 0.2) is 0 Å². The molecule has 4 nitrogen and oxygen atoms in total. The van der Waals surface area contributed by atoms with Crippen LogP contribution in [0.5, 0.6) is 0 Å². The SMILES string of the molecule is C[C@@H](CNCC(C)(C)CN(C)C)C(=O)OC(C)(C)C. The van der Waals surface area contributed by atoms with Crippen molar-refractivity contribution >= 4 is 5.97 Å². The van der Waals surface area contributed by atoms with Crippen LogP contribution in [0.1, 0.15) is 41.5 Å². The molecule has 0 saturated heterocycles. The minimum Gasteiger partial charge on any atom is -0.460 e. The van der Waals surface area contributed by atoms with Gasteiger partial charge in [-0.25, -0.2) is 0 Å². The smallest absolute Gasteiger partial charge is 0.310 e. The molecule has 0 fully saturated rings. The molecule has 0 saturated carbocycles. The molecule has 0 aliphatic heterocycles. The quantitative estimate of drug-likeness (QED) is 0.721. The van der Waals surface area contributed by atoms with E-state index in [1.807, 2.05) is 27.7 Å². The molecule has 0 spiro atoms. The van der Waals surface area contributed by atoms with E-state index in [9.17, 15) is 4.79 Å². The van der Waals surface area contributed by atoms with E-state index >= 15 is 0 Å². The van der Waals surface area contributed by atoms with Crippen LogP contribution in [0.2, 0.25) is 0 Å². The van der Waals surface area contributed by atoms with Crippen LogP contribution in [0.15, 0.2) is 0 Å². The molecule has 0 unspecified atom stereocenters. The molecular formula is C15H32N2O2. The molecule has 114 valence electrons. The number of hydrogen-bond donors (Lipinski definition) is 1. The number of carbonyl (C=O) groups is 1. The van der Waals surface area contributed by atoms with Gasteiger partial charge >= 0.3 is 5.97 Å². The number of rotatable bonds is 7. The number of carbonyl (C=O) groups excluding carboxylic acids is 1. The maximum atomic E-state index is 11.8. The summed E-state index contributed by atoms with van der Waals surface area (Å²) < 4.78 is 5.36. The van der Waals surface area contributed by atoms with E-state index in [4.69, 9.17) is 4.74 Å². The van der Waals surface area contributed by atoms with Crippen molar-refractivity contribution in [3.63, 3.8) is 0 Å². The lowest BCUT2D eigenvalue weighted by molar-refractivity contribution is -0.159. The number of nitrogens with zero attached hydrogens (tertiary/aromatic N) is 1. The van der Waals surface area contributed by atoms with Gasteiger partial charge in [0.1, 0.15) is 5.60 Å². The van der Waals surface area contributed by atoms with Crippen LogP contribution in [0, 0.1) is 11.3 Å². The van der Waals surface area contributed by atoms with Crippen LogP contribution in [0.4, 0.5) is 0 Å². The van der Waals surface area contributed by atoms with Crippen molar-refractivity contribution in [2.24, 2.45) is 11.3 Å². The molecule has 0 amide bonds. The van der Waals surface area contributed by atoms with Crippen LogP contribution in [-0.2, 0) is 9.53 Å². The van der Waals surface area contributed by atoms with Crippen molar-refractivity contribution < 1.29 is 9.53 Å². The molecule has 19 heavy (non-hydrogen) atoms. The van der Waals surface area contributed by atoms with Gasteiger partial charge in [-0.05, 0) is 40.3 Å². The monoisotopic (exact) mass is 272 g/mol. The lowest BCUT2D eigenvalue weighted by atomic mass is 9.93. The van der Waals surface area contributed by atoms with E-state index < -0.39 is 5.60 Å². The summed E-state index contributed by atoms with van der Waals surface area (Å²) >= 11 is 0. The number of ether oxygens (including phenoxy) is 1. The van der Waals surface area contributed by atoms with Crippen molar-refractivity contribution in [1.29, 1.82) is 0 Å². The van der Waals surface area contributed by atoms with E-state index in [1.54, 1.807) is 0 Å². The lowest BCUT2D eigenvalue weighted by Gasteiger charge is -2.29. The van der Waals surface area contributed by atoms with Crippen LogP contribution in [-0.4, -0.2) is 50.2 Å². The Kier molecular flexibility index (Phi) is 7.01. The standard InChI is InChI=1S/C15H32N2O2/c1-12(13(18)19-14(2,3)4)9-16-10-15(5,6)11-17(7)8/h12,16H,9-11H2,1-8H3/t12-/m0/s1. The Hall–Kier alpha value is -0.610. The zero-order chi connectivity index (χ0) is 15.3. The summed E-state index contributed by atoms with van der Waals surface area (Å²) in [6.07, 6.45) is 0. The average molecular weight is 272 g/mol. The molecule has 1 N–H and O–H groups in total. The lowest BCUT2D eigenvalue weighted by Crippen LogP contribution is -2.40. The fourth-order valence-electron chi connectivity index (χ4n) is 2.02. The highest BCUT2D eigenvalue weighted by Gasteiger charge is 2.23. The van der Waals surface area contributed by atoms with Gasteiger partial charge in [-0.3, -0.25) is 4.79 Å². The molecule has 0 radical (unpaired) electrons. The van der Waals surface area contributed by atoms with E-state index in [0.29, 0.717) is 6.54 Å². The minimum atomic E-state index is -0.407. The molecule has 0 aliphatic rings. The first-order valence-electron chi connectivity index (χ1n) is 7.01. The maximum Gasteiger partial charge on any atom is 0.310 e. The van der Waals surface area contributed by atoms with Gasteiger partial charge < -0.3 is 15.0 Å². The zero-order valence-electron chi connectivity index (χ0n) is 14.0. The summed E-state index contributed by atoms with van der Waals surface area (Å²) in [6, 6.07) is 0. The highest BCUT2D eigenvalue weighted by Crippen LogP contribution is 2.15. The molecule has 0 heterocycles. The number of esters is 1. The van der Waals surface area contributed by atoms with Crippen molar-refractivity contribution in [1.82, 2.24) is 10.2 Å². The Labute approximate surface area is 118 Å². The molecule has 0 bridgehead atoms. The Morgan fingerprint density at radius 1 is 1.21 bits per heavy atom. The Morgan fingerprint density at radius 3 is 2.16 bits per heavy atom. The van der Waals surface area contributed by atoms with Gasteiger partial charge in [0.05, 0.1) is 5.92 Å². The predicted octanol–water partition coefficient (Wildman–Crippen LogP) is 2.14. The van der Waals surface area contributed by atoms with E-state index in [0.717, 1.165) is 13.1 Å². The van der Waals surface area contributed by atoms with Crippen LogP contribution < -0.4 is 5.32 Å². The first kappa shape index (κ1) is 18.4. The van der Waals surface area contributed by atoms with Gasteiger partial charge in [-0.2, -0.15) is 0 Å². The summed E-state index contributed by atoms with van der Waals surface area (Å²) in [4.78, 5) is 14.0. The fraction of sp³-hybridized carbons (Fsp3) is 0.933. The van der Waals surface area contributed by atoms with E-state index in [1.165, 1.54) is 0 Å². The fourth-order valence-corrected chi connectivity index (χ4v) is 2.02. The van der Waals surface area contributed by atoms with Crippen molar-refractivity contribution in [2.75, 3.05) is 33.7 Å². The molecule has 0 rings (SSSR count). The normalized spacial score (nSPS) is 14.6. The summed E-state index contributed by atoms with van der Waals surface area (Å²) in [5.74, 6) is -0.250. The second kappa shape index (κ2) is 7.25. The Balaban J connectivity index is 4.04. The number of hydrogen-bond acceptors (Lipinski definition) is 4. The van der Waals surface area contributed by atoms with Crippen LogP contribution >= 0.6 is 0 Å². The molecule has 0 aromatic heterocycles. The maximum absolute atomic E-state index is 11.8. The summed E-state index contributed by atoms with van der Waals surface area (Å²) in [5.41, 5.74) is -0.216. The Morgan fingerprint density at radius 2 is 1.74 bits per heavy atom. The molecule has 0 aromatic carbocycles. The Bertz CT molecular complexity index is 280. The average Bonchev–Trinajstić information content (AvgIpc) is 2.11. The summed E-state index contributed by atoms with van der Waals surface area (Å²) in [7, 11) is 4.15. The first-order valence-corrected chi connectivity index (χ1v) is 7.01. The molecular weight excluding hydrogens is 240 g/mol. The molecule has 0 aromatic rings. The third-order valence-corrected chi connectivity index (χ3v) is 2.61. The molecule has 1 atom stereocenters. The number of nitrogens with one attached hydrogen (secondary N) is 1. The zero-order valence-corrected chi connectivity index (χ0v) is 14.0. The summed E-state index contributed by atoms with van der Waals surface area (Å²) in [6.45, 7) is 14.6. The van der Waals surface area contributed by atoms with E-state index in [-0.39, 0.29) is 17.3 Å². The molecule has 4 heteroatoms. The second-order valence-electron chi connectivity index (χ2n) is 7.47. The second-order valence-corrected chi connectivity index (χ2v) is 7.47. The van der Waals surface area contributed by atoms with Gasteiger partial charge in [0.2, 0.25) is 0 Å². The van der Waals surface area contributed by atoms with Crippen molar-refractivity contribution in [3.05, 3.63) is 0 Å². The first-order chi connectivity index (χ1) is 8.43. The largest absolute Gasteiger partial charge is 0.460 e. The van der Waals surface area contributed by atoms with Crippen molar-refractivity contribution in [2.45, 2.75) is 47.1 Å². The third-order valence-electron chi connectivity index (χ3n) is 2.61. The minimum absolute atomic E-state index is 0.116. The molecule has 0 aliphatic carbocycles. The van der Waals surface area contributed by atoms with Crippen molar-refractivity contribution in [3.8, 4) is 0 Å². The third kappa shape index (κ3) is 9.91. The highest BCUT2D eigenvalue weighted by molar-refractivity contribution is 5.72.